The average molecular weight is 312 g/mol. The van der Waals surface area contributed by atoms with E-state index in [4.69, 9.17) is 9.94 Å². The van der Waals surface area contributed by atoms with Crippen molar-refractivity contribution in [2.24, 2.45) is 18.1 Å². The van der Waals surface area contributed by atoms with Gasteiger partial charge in [0.25, 0.3) is 0 Å². The minimum atomic E-state index is -0.179. The molecule has 5 heteroatoms. The zero-order valence-electron chi connectivity index (χ0n) is 13.7. The summed E-state index contributed by atoms with van der Waals surface area (Å²) in [5.41, 5.74) is 0.974. The molecule has 0 amide bonds. The van der Waals surface area contributed by atoms with Gasteiger partial charge in [0.1, 0.15) is 18.5 Å². The zero-order chi connectivity index (χ0) is 16.7. The zero-order valence-corrected chi connectivity index (χ0v) is 13.7. The third-order valence-electron chi connectivity index (χ3n) is 3.43. The molecule has 0 bridgehead atoms. The highest BCUT2D eigenvalue weighted by atomic mass is 16.5. The first kappa shape index (κ1) is 16.8. The van der Waals surface area contributed by atoms with E-state index in [9.17, 15) is 0 Å². The summed E-state index contributed by atoms with van der Waals surface area (Å²) < 4.78 is 9.66. The lowest BCUT2D eigenvalue weighted by Gasteiger charge is -2.14. The van der Waals surface area contributed by atoms with Gasteiger partial charge in [-0.15, -0.1) is 0 Å². The van der Waals surface area contributed by atoms with Gasteiger partial charge in [0.15, 0.2) is 12.9 Å². The van der Waals surface area contributed by atoms with Crippen molar-refractivity contribution < 1.29 is 14.5 Å². The minimum absolute atomic E-state index is 0.179. The first-order valence-corrected chi connectivity index (χ1v) is 7.52. The Kier molecular flexibility index (Phi) is 5.95. The van der Waals surface area contributed by atoms with Crippen LogP contribution in [0, 0.1) is 17.8 Å². The molecule has 0 aliphatic carbocycles. The summed E-state index contributed by atoms with van der Waals surface area (Å²) in [4.78, 5) is 0. The van der Waals surface area contributed by atoms with Crippen LogP contribution in [0.5, 0.6) is 0 Å². The molecule has 23 heavy (non-hydrogen) atoms. The van der Waals surface area contributed by atoms with E-state index < -0.39 is 0 Å². The lowest BCUT2D eigenvalue weighted by Crippen LogP contribution is -2.32. The molecule has 0 aliphatic heterocycles. The van der Waals surface area contributed by atoms with Gasteiger partial charge in [0.2, 0.25) is 0 Å². The topological polar surface area (TPSA) is 50.6 Å². The fourth-order valence-corrected chi connectivity index (χ4v) is 2.10. The average Bonchev–Trinajstić information content (AvgIpc) is 2.89. The third kappa shape index (κ3) is 4.70. The highest BCUT2D eigenvalue weighted by Gasteiger charge is 2.16. The molecule has 1 heterocycles. The second-order valence-electron chi connectivity index (χ2n) is 5.58. The van der Waals surface area contributed by atoms with Crippen LogP contribution in [-0.4, -0.2) is 22.1 Å². The van der Waals surface area contributed by atoms with E-state index in [2.05, 4.69) is 30.8 Å². The Morgan fingerprint density at radius 1 is 1.35 bits per heavy atom. The van der Waals surface area contributed by atoms with Crippen molar-refractivity contribution in [1.29, 1.82) is 0 Å². The Hall–Kier alpha value is -2.58. The van der Waals surface area contributed by atoms with Crippen LogP contribution in [0.1, 0.15) is 25.2 Å². The van der Waals surface area contributed by atoms with Gasteiger partial charge in [0.05, 0.1) is 7.05 Å². The van der Waals surface area contributed by atoms with Crippen LogP contribution in [0.25, 0.3) is 0 Å². The lowest BCUT2D eigenvalue weighted by atomic mass is 10.1. The number of imidazole rings is 1. The number of ether oxygens (including phenoxy) is 1. The predicted octanol–water partition coefficient (Wildman–Crippen LogP) is 2.17. The third-order valence-corrected chi connectivity index (χ3v) is 3.43. The van der Waals surface area contributed by atoms with Crippen molar-refractivity contribution in [1.82, 2.24) is 4.57 Å². The van der Waals surface area contributed by atoms with E-state index in [-0.39, 0.29) is 12.0 Å². The molecule has 0 aliphatic rings. The molecule has 2 aromatic rings. The van der Waals surface area contributed by atoms with Crippen LogP contribution in [0.3, 0.4) is 0 Å². The molecular weight excluding hydrogens is 290 g/mol. The van der Waals surface area contributed by atoms with Crippen molar-refractivity contribution in [2.45, 2.75) is 26.7 Å². The van der Waals surface area contributed by atoms with Crippen molar-refractivity contribution in [3.05, 3.63) is 54.1 Å². The van der Waals surface area contributed by atoms with Gasteiger partial charge in [0, 0.05) is 5.56 Å². The molecule has 0 saturated carbocycles. The summed E-state index contributed by atoms with van der Waals surface area (Å²) in [5, 5.41) is 11.8. The van der Waals surface area contributed by atoms with Gasteiger partial charge >= 0.3 is 5.82 Å². The second-order valence-corrected chi connectivity index (χ2v) is 5.58. The van der Waals surface area contributed by atoms with Crippen molar-refractivity contribution in [2.75, 3.05) is 0 Å². The molecule has 1 N–H and O–H groups in total. The lowest BCUT2D eigenvalue weighted by molar-refractivity contribution is -0.672. The Morgan fingerprint density at radius 2 is 2.09 bits per heavy atom. The van der Waals surface area contributed by atoms with Gasteiger partial charge in [-0.1, -0.05) is 49.0 Å². The molecule has 1 atom stereocenters. The highest BCUT2D eigenvalue weighted by molar-refractivity contribution is 5.72. The Labute approximate surface area is 136 Å². The first-order valence-electron chi connectivity index (χ1n) is 7.52. The quantitative estimate of drug-likeness (QED) is 0.302. The van der Waals surface area contributed by atoms with Gasteiger partial charge < -0.3 is 9.94 Å². The number of benzene rings is 1. The molecule has 0 spiro atoms. The molecule has 0 saturated heterocycles. The number of aryl methyl sites for hydroxylation is 1. The van der Waals surface area contributed by atoms with Crippen LogP contribution in [0.2, 0.25) is 0 Å². The van der Waals surface area contributed by atoms with Crippen LogP contribution < -0.4 is 4.57 Å². The van der Waals surface area contributed by atoms with Gasteiger partial charge in [-0.25, -0.2) is 9.13 Å². The Bertz CT molecular complexity index is 709. The van der Waals surface area contributed by atoms with E-state index in [1.165, 1.54) is 6.21 Å². The van der Waals surface area contributed by atoms with Crippen LogP contribution in [0.4, 0.5) is 0 Å². The normalized spacial score (nSPS) is 12.3. The molecule has 1 unspecified atom stereocenters. The minimum Gasteiger partial charge on any atom is -0.411 e. The SMILES string of the molecule is CC(C)C(C#Cc1ccccc1)OCn1cc[n+](C)c1/C=N/O. The van der Waals surface area contributed by atoms with Crippen molar-refractivity contribution in [3.63, 3.8) is 0 Å². The van der Waals surface area contributed by atoms with Gasteiger partial charge in [-0.2, -0.15) is 0 Å². The number of hydrogen-bond donors (Lipinski definition) is 1. The summed E-state index contributed by atoms with van der Waals surface area (Å²) in [7, 11) is 1.88. The summed E-state index contributed by atoms with van der Waals surface area (Å²) in [5.74, 6) is 7.35. The van der Waals surface area contributed by atoms with E-state index in [1.807, 2.05) is 58.9 Å². The number of hydrogen-bond acceptors (Lipinski definition) is 3. The van der Waals surface area contributed by atoms with Crippen LogP contribution >= 0.6 is 0 Å². The maximum atomic E-state index is 8.74. The Balaban J connectivity index is 2.08. The monoisotopic (exact) mass is 312 g/mol. The number of nitrogens with zero attached hydrogens (tertiary/aromatic N) is 3. The van der Waals surface area contributed by atoms with Crippen molar-refractivity contribution in [3.8, 4) is 11.8 Å². The number of aromatic nitrogens is 2. The van der Waals surface area contributed by atoms with Gasteiger partial charge in [-0.05, 0) is 18.1 Å². The second kappa shape index (κ2) is 8.16. The summed E-state index contributed by atoms with van der Waals surface area (Å²) in [6, 6.07) is 9.86. The molecule has 1 aromatic carbocycles. The smallest absolute Gasteiger partial charge is 0.305 e. The Morgan fingerprint density at radius 3 is 2.74 bits per heavy atom. The maximum Gasteiger partial charge on any atom is 0.305 e. The molecule has 120 valence electrons. The van der Waals surface area contributed by atoms with Crippen LogP contribution in [0.15, 0.2) is 47.9 Å². The molecular formula is C18H22N3O2+. The molecule has 0 fully saturated rings. The molecule has 1 aromatic heterocycles. The number of rotatable bonds is 5. The first-order chi connectivity index (χ1) is 11.1. The summed E-state index contributed by atoms with van der Waals surface area (Å²) >= 11 is 0. The predicted molar refractivity (Wildman–Crippen MR) is 88.0 cm³/mol. The van der Waals surface area contributed by atoms with Crippen LogP contribution in [-0.2, 0) is 18.5 Å². The van der Waals surface area contributed by atoms with Gasteiger partial charge in [-0.3, -0.25) is 0 Å². The largest absolute Gasteiger partial charge is 0.411 e. The fraction of sp³-hybridized carbons (Fsp3) is 0.333. The van der Waals surface area contributed by atoms with E-state index in [0.717, 1.165) is 11.4 Å². The molecule has 2 rings (SSSR count). The molecule has 5 nitrogen and oxygen atoms in total. The summed E-state index contributed by atoms with van der Waals surface area (Å²) in [6.45, 7) is 4.50. The van der Waals surface area contributed by atoms with E-state index >= 15 is 0 Å². The number of oxime groups is 1. The van der Waals surface area contributed by atoms with E-state index in [1.54, 1.807) is 0 Å². The maximum absolute atomic E-state index is 8.74. The molecule has 0 radical (unpaired) electrons. The fourth-order valence-electron chi connectivity index (χ4n) is 2.10. The summed E-state index contributed by atoms with van der Waals surface area (Å²) in [6.07, 6.45) is 4.95. The standard InChI is InChI=1S/C18H21N3O2/c1-15(2)17(10-9-16-7-5-4-6-8-16)23-14-21-12-11-20(3)18(21)13-19-22/h4-8,11-13,15,17H,14H2,1-3H3/p+1. The highest BCUT2D eigenvalue weighted by Crippen LogP contribution is 2.08. The van der Waals surface area contributed by atoms with Crippen molar-refractivity contribution >= 4 is 6.21 Å². The van der Waals surface area contributed by atoms with E-state index in [0.29, 0.717) is 6.73 Å².